The topological polar surface area (TPSA) is 34.1 Å². The molecule has 0 saturated heterocycles. The van der Waals surface area contributed by atoms with Crippen LogP contribution in [-0.4, -0.2) is 7.58 Å². The minimum atomic E-state index is -0.120. The van der Waals surface area contributed by atoms with Crippen LogP contribution in [0, 0.1) is 0 Å². The number of rotatable bonds is 2. The molecule has 0 aromatic heterocycles. The maximum Gasteiger partial charge on any atom is 0.224 e. The quantitative estimate of drug-likeness (QED) is 0.219. The number of carbonyl (C=O) groups excluding carboxylic acids is 2. The smallest absolute Gasteiger partial charge is 0.224 e. The van der Waals surface area contributed by atoms with Gasteiger partial charge in [0.2, 0.25) is 7.58 Å². The van der Waals surface area contributed by atoms with Gasteiger partial charge in [-0.15, -0.1) is 0 Å². The molecule has 0 aliphatic heterocycles. The summed E-state index contributed by atoms with van der Waals surface area (Å²) in [5.41, 5.74) is 0.974. The first-order valence-corrected chi connectivity index (χ1v) is 8.87. The van der Waals surface area contributed by atoms with Crippen molar-refractivity contribution < 1.29 is 9.59 Å². The van der Waals surface area contributed by atoms with Gasteiger partial charge >= 0.3 is 0 Å². The lowest BCUT2D eigenvalue weighted by atomic mass is 10.2. The highest BCUT2D eigenvalue weighted by Crippen LogP contribution is 2.43. The van der Waals surface area contributed by atoms with E-state index in [1.54, 1.807) is 45.2 Å². The molecule has 0 fully saturated rings. The van der Waals surface area contributed by atoms with Crippen molar-refractivity contribution in [2.75, 3.05) is 0 Å². The first-order chi connectivity index (χ1) is 7.29. The van der Waals surface area contributed by atoms with E-state index in [0.29, 0.717) is 29.0 Å². The molecule has 0 aliphatic rings. The summed E-state index contributed by atoms with van der Waals surface area (Å²) in [4.78, 5) is 22.9. The molecule has 16 heavy (non-hydrogen) atoms. The minimum Gasteiger partial charge on any atom is -0.282 e. The Hall–Kier alpha value is 1.94. The Morgan fingerprint density at radius 2 is 0.875 bits per heavy atom. The van der Waals surface area contributed by atoms with E-state index in [2.05, 4.69) is 63.7 Å². The van der Waals surface area contributed by atoms with Crippen LogP contribution >= 0.6 is 109 Å². The summed E-state index contributed by atoms with van der Waals surface area (Å²) in [6.07, 6.45) is 0. The molecule has 86 valence electrons. The van der Waals surface area contributed by atoms with Crippen LogP contribution in [0.1, 0.15) is 20.7 Å². The molecule has 8 heteroatoms. The average Bonchev–Trinajstić information content (AvgIpc) is 2.14. The molecule has 0 amide bonds. The third kappa shape index (κ3) is 3.09. The maximum absolute atomic E-state index is 11.5. The zero-order valence-electron chi connectivity index (χ0n) is 7.08. The Morgan fingerprint density at radius 1 is 0.688 bits per heavy atom. The van der Waals surface area contributed by atoms with Crippen molar-refractivity contribution in [1.29, 1.82) is 0 Å². The van der Waals surface area contributed by atoms with E-state index in [1.165, 1.54) is 0 Å². The normalized spacial score (nSPS) is 10.4. The van der Waals surface area contributed by atoms with Gasteiger partial charge in [-0.05, 0) is 63.7 Å². The third-order valence-corrected chi connectivity index (χ3v) is 6.97. The number of hydrogen-bond donors (Lipinski definition) is 0. The average molecular weight is 702 g/mol. The largest absolute Gasteiger partial charge is 0.282 e. The Morgan fingerprint density at radius 3 is 1.00 bits per heavy atom. The summed E-state index contributed by atoms with van der Waals surface area (Å²) in [7, 11) is 0. The van der Waals surface area contributed by atoms with Crippen LogP contribution in [0.15, 0.2) is 17.9 Å². The number of carbonyl (C=O) groups is 2. The van der Waals surface area contributed by atoms with Crippen LogP contribution in [0.25, 0.3) is 0 Å². The third-order valence-electron chi connectivity index (χ3n) is 1.66. The predicted molar refractivity (Wildman–Crippen MR) is 93.9 cm³/mol. The molecule has 0 spiro atoms. The standard InChI is InChI=1S/C8Br4I2O2/c9-3-1(7(13)15)4(10)6(12)2(5(3)11)8(14)16. The van der Waals surface area contributed by atoms with Gasteiger partial charge in [-0.3, -0.25) is 9.59 Å². The van der Waals surface area contributed by atoms with Gasteiger partial charge < -0.3 is 0 Å². The van der Waals surface area contributed by atoms with E-state index in [-0.39, 0.29) is 7.58 Å². The summed E-state index contributed by atoms with van der Waals surface area (Å²) >= 11 is 16.6. The van der Waals surface area contributed by atoms with Crippen molar-refractivity contribution in [2.45, 2.75) is 0 Å². The molecular formula is C8Br4I2O2. The molecule has 0 radical (unpaired) electrons. The molecule has 1 aromatic rings. The molecule has 0 saturated carbocycles. The molecule has 1 rings (SSSR count). The van der Waals surface area contributed by atoms with Crippen molar-refractivity contribution in [3.63, 3.8) is 0 Å². The fourth-order valence-corrected chi connectivity index (χ4v) is 6.38. The summed E-state index contributed by atoms with van der Waals surface area (Å²) in [6.45, 7) is 0. The van der Waals surface area contributed by atoms with Crippen LogP contribution in [0.2, 0.25) is 0 Å². The second-order valence-corrected chi connectivity index (χ2v) is 7.68. The lowest BCUT2D eigenvalue weighted by Crippen LogP contribution is -2.01. The van der Waals surface area contributed by atoms with Crippen molar-refractivity contribution in [1.82, 2.24) is 0 Å². The number of halogens is 6. The van der Waals surface area contributed by atoms with E-state index < -0.39 is 0 Å². The zero-order chi connectivity index (χ0) is 12.6. The Kier molecular flexibility index (Phi) is 6.39. The Bertz CT molecular complexity index is 427. The first-order valence-electron chi connectivity index (χ1n) is 3.54. The van der Waals surface area contributed by atoms with Crippen molar-refractivity contribution in [3.05, 3.63) is 29.0 Å². The second-order valence-electron chi connectivity index (χ2n) is 2.55. The first kappa shape index (κ1) is 16.0. The fraction of sp³-hybridized carbons (Fsp3) is 0. The van der Waals surface area contributed by atoms with Gasteiger partial charge in [0.15, 0.2) is 0 Å². The number of hydrogen-bond acceptors (Lipinski definition) is 2. The van der Waals surface area contributed by atoms with Crippen LogP contribution in [0.3, 0.4) is 0 Å². The molecule has 0 heterocycles. The SMILES string of the molecule is O=C(I)c1c(Br)c(Br)c(C(=O)I)c(Br)c1Br. The van der Waals surface area contributed by atoms with E-state index in [9.17, 15) is 9.59 Å². The zero-order valence-corrected chi connectivity index (χ0v) is 17.7. The molecule has 1 aromatic carbocycles. The maximum atomic E-state index is 11.5. The molecule has 2 nitrogen and oxygen atoms in total. The molecule has 0 bridgehead atoms. The summed E-state index contributed by atoms with van der Waals surface area (Å²) in [6, 6.07) is 0. The molecule has 0 N–H and O–H groups in total. The van der Waals surface area contributed by atoms with Crippen LogP contribution in [0.5, 0.6) is 0 Å². The van der Waals surface area contributed by atoms with Gasteiger partial charge in [0.1, 0.15) is 0 Å². The van der Waals surface area contributed by atoms with Gasteiger partial charge in [-0.2, -0.15) is 0 Å². The molecule has 0 aliphatic carbocycles. The Balaban J connectivity index is 3.77. The van der Waals surface area contributed by atoms with Gasteiger partial charge in [0, 0.05) is 63.1 Å². The highest BCUT2D eigenvalue weighted by atomic mass is 127. The summed E-state index contributed by atoms with van der Waals surface area (Å²) < 4.78 is 2.04. The summed E-state index contributed by atoms with van der Waals surface area (Å²) in [5, 5.41) is 0. The van der Waals surface area contributed by atoms with Gasteiger partial charge in [-0.1, -0.05) is 0 Å². The molecular weight excluding hydrogens is 702 g/mol. The van der Waals surface area contributed by atoms with Crippen molar-refractivity contribution >= 4 is 116 Å². The highest BCUT2D eigenvalue weighted by Gasteiger charge is 2.24. The fourth-order valence-electron chi connectivity index (χ4n) is 0.977. The van der Waals surface area contributed by atoms with Gasteiger partial charge in [0.25, 0.3) is 0 Å². The Labute approximate surface area is 152 Å². The lowest BCUT2D eigenvalue weighted by Gasteiger charge is -2.11. The van der Waals surface area contributed by atoms with Crippen LogP contribution in [0.4, 0.5) is 0 Å². The van der Waals surface area contributed by atoms with Crippen molar-refractivity contribution in [3.8, 4) is 0 Å². The van der Waals surface area contributed by atoms with Crippen LogP contribution in [-0.2, 0) is 0 Å². The van der Waals surface area contributed by atoms with Crippen molar-refractivity contribution in [2.24, 2.45) is 0 Å². The summed E-state index contributed by atoms with van der Waals surface area (Å²) in [5.74, 6) is 0. The molecule has 0 unspecified atom stereocenters. The molecule has 0 atom stereocenters. The van der Waals surface area contributed by atoms with Crippen LogP contribution < -0.4 is 0 Å². The lowest BCUT2D eigenvalue weighted by molar-refractivity contribution is 0.109. The monoisotopic (exact) mass is 697 g/mol. The highest BCUT2D eigenvalue weighted by molar-refractivity contribution is 14.1. The van der Waals surface area contributed by atoms with E-state index in [0.717, 1.165) is 0 Å². The van der Waals surface area contributed by atoms with E-state index in [1.807, 2.05) is 0 Å². The minimum absolute atomic E-state index is 0.120. The van der Waals surface area contributed by atoms with Gasteiger partial charge in [0.05, 0.1) is 11.1 Å². The van der Waals surface area contributed by atoms with E-state index in [4.69, 9.17) is 0 Å². The predicted octanol–water partition coefficient (Wildman–Crippen LogP) is 5.89. The van der Waals surface area contributed by atoms with E-state index >= 15 is 0 Å². The second kappa shape index (κ2) is 6.40. The van der Waals surface area contributed by atoms with Gasteiger partial charge in [-0.25, -0.2) is 0 Å². The number of benzene rings is 1.